The number of rotatable bonds is 6. The maximum absolute atomic E-state index is 13.0. The number of amides is 1. The van der Waals surface area contributed by atoms with Crippen LogP contribution in [-0.4, -0.2) is 16.8 Å². The molecule has 3 aromatic carbocycles. The summed E-state index contributed by atoms with van der Waals surface area (Å²) in [6.07, 6.45) is -2.95. The van der Waals surface area contributed by atoms with Crippen LogP contribution in [0.4, 0.5) is 18.9 Å². The molecule has 0 unspecified atom stereocenters. The van der Waals surface area contributed by atoms with Gasteiger partial charge >= 0.3 is 6.36 Å². The molecular weight excluding hydrogens is 445 g/mol. The number of nitrogens with one attached hydrogen (secondary N) is 1. The third-order valence-electron chi connectivity index (χ3n) is 5.25. The molecule has 0 radical (unpaired) electrons. The minimum Gasteiger partial charge on any atom is -0.406 e. The van der Waals surface area contributed by atoms with Crippen LogP contribution in [-0.2, 0) is 17.8 Å². The van der Waals surface area contributed by atoms with Crippen molar-refractivity contribution in [2.45, 2.75) is 26.3 Å². The van der Waals surface area contributed by atoms with Gasteiger partial charge in [0.2, 0.25) is 5.91 Å². The van der Waals surface area contributed by atoms with Crippen LogP contribution < -0.4 is 15.6 Å². The zero-order valence-corrected chi connectivity index (χ0v) is 18.2. The normalized spacial score (nSPS) is 11.4. The molecule has 1 heterocycles. The summed E-state index contributed by atoms with van der Waals surface area (Å²) in [6, 6.07) is 19.9. The van der Waals surface area contributed by atoms with Crippen molar-refractivity contribution in [1.29, 1.82) is 0 Å². The Labute approximate surface area is 193 Å². The number of carbonyl (C=O) groups excluding carboxylic acids is 1. The van der Waals surface area contributed by atoms with Gasteiger partial charge in [0.1, 0.15) is 5.75 Å². The minimum atomic E-state index is -4.76. The van der Waals surface area contributed by atoms with Crippen LogP contribution in [0.2, 0.25) is 0 Å². The van der Waals surface area contributed by atoms with Crippen LogP contribution in [0.5, 0.6) is 5.75 Å². The minimum absolute atomic E-state index is 0.172. The van der Waals surface area contributed by atoms with Crippen LogP contribution >= 0.6 is 0 Å². The first-order valence-electron chi connectivity index (χ1n) is 10.5. The van der Waals surface area contributed by atoms with E-state index in [4.69, 9.17) is 0 Å². The molecule has 5 nitrogen and oxygen atoms in total. The highest BCUT2D eigenvalue weighted by atomic mass is 19.4. The van der Waals surface area contributed by atoms with Gasteiger partial charge in [-0.25, -0.2) is 0 Å². The lowest BCUT2D eigenvalue weighted by Crippen LogP contribution is -2.21. The number of halogens is 3. The fourth-order valence-corrected chi connectivity index (χ4v) is 3.75. The molecule has 174 valence electrons. The summed E-state index contributed by atoms with van der Waals surface area (Å²) >= 11 is 0. The molecule has 0 atom stereocenters. The first-order chi connectivity index (χ1) is 16.2. The first kappa shape index (κ1) is 23.1. The van der Waals surface area contributed by atoms with Gasteiger partial charge in [-0.3, -0.25) is 9.59 Å². The maximum atomic E-state index is 13.0. The number of alkyl halides is 3. The number of anilines is 1. The molecule has 34 heavy (non-hydrogen) atoms. The Balaban J connectivity index is 1.53. The zero-order chi connectivity index (χ0) is 24.3. The van der Waals surface area contributed by atoms with Gasteiger partial charge in [0.05, 0.1) is 13.0 Å². The van der Waals surface area contributed by atoms with Gasteiger partial charge in [0, 0.05) is 22.7 Å². The standard InChI is InChI=1S/C26H21F3N2O3/c1-17-4-2-5-19(14-17)15-24(32)30-23-7-3-6-22-21(23)12-13-31(25(22)33)16-18-8-10-20(11-9-18)34-26(27,28)29/h2-14H,15-16H2,1H3,(H,30,32). The highest BCUT2D eigenvalue weighted by Gasteiger charge is 2.30. The Hall–Kier alpha value is -4.07. The molecule has 0 aliphatic heterocycles. The number of aryl methyl sites for hydroxylation is 1. The summed E-state index contributed by atoms with van der Waals surface area (Å²) in [6.45, 7) is 2.13. The van der Waals surface area contributed by atoms with E-state index in [1.807, 2.05) is 31.2 Å². The summed E-state index contributed by atoms with van der Waals surface area (Å²) in [7, 11) is 0. The molecule has 0 aliphatic rings. The van der Waals surface area contributed by atoms with Crippen LogP contribution in [0.3, 0.4) is 0 Å². The predicted octanol–water partition coefficient (Wildman–Crippen LogP) is 5.44. The second-order valence-corrected chi connectivity index (χ2v) is 7.92. The molecule has 0 spiro atoms. The Kier molecular flexibility index (Phi) is 6.40. The van der Waals surface area contributed by atoms with Crippen LogP contribution in [0.25, 0.3) is 10.8 Å². The van der Waals surface area contributed by atoms with Gasteiger partial charge in [-0.05, 0) is 48.4 Å². The first-order valence-corrected chi connectivity index (χ1v) is 10.5. The summed E-state index contributed by atoms with van der Waals surface area (Å²) in [5, 5.41) is 3.91. The van der Waals surface area contributed by atoms with Crippen molar-refractivity contribution in [2.75, 3.05) is 5.32 Å². The van der Waals surface area contributed by atoms with E-state index < -0.39 is 6.36 Å². The molecule has 1 aromatic heterocycles. The quantitative estimate of drug-likeness (QED) is 0.412. The second-order valence-electron chi connectivity index (χ2n) is 7.92. The molecule has 0 saturated heterocycles. The van der Waals surface area contributed by atoms with Crippen molar-refractivity contribution in [3.63, 3.8) is 0 Å². The Morgan fingerprint density at radius 3 is 2.38 bits per heavy atom. The van der Waals surface area contributed by atoms with E-state index in [1.54, 1.807) is 30.5 Å². The molecule has 8 heteroatoms. The number of pyridine rings is 1. The van der Waals surface area contributed by atoms with E-state index in [-0.39, 0.29) is 30.2 Å². The van der Waals surface area contributed by atoms with Crippen molar-refractivity contribution >= 4 is 22.4 Å². The van der Waals surface area contributed by atoms with E-state index in [9.17, 15) is 22.8 Å². The molecule has 0 saturated carbocycles. The Bertz CT molecular complexity index is 1390. The number of benzene rings is 3. The summed E-state index contributed by atoms with van der Waals surface area (Å²) in [5.41, 5.74) is 2.86. The van der Waals surface area contributed by atoms with Gasteiger partial charge in [-0.1, -0.05) is 48.0 Å². The number of hydrogen-bond donors (Lipinski definition) is 1. The van der Waals surface area contributed by atoms with E-state index in [0.717, 1.165) is 11.1 Å². The highest BCUT2D eigenvalue weighted by molar-refractivity contribution is 6.02. The molecule has 4 rings (SSSR count). The van der Waals surface area contributed by atoms with E-state index in [0.29, 0.717) is 22.0 Å². The zero-order valence-electron chi connectivity index (χ0n) is 18.2. The average Bonchev–Trinajstić information content (AvgIpc) is 2.76. The van der Waals surface area contributed by atoms with Gasteiger partial charge in [0.25, 0.3) is 5.56 Å². The molecule has 1 amide bonds. The lowest BCUT2D eigenvalue weighted by atomic mass is 10.1. The number of nitrogens with zero attached hydrogens (tertiary/aromatic N) is 1. The third-order valence-corrected chi connectivity index (χ3v) is 5.25. The topological polar surface area (TPSA) is 60.3 Å². The Morgan fingerprint density at radius 1 is 0.941 bits per heavy atom. The van der Waals surface area contributed by atoms with E-state index in [1.165, 1.54) is 28.8 Å². The van der Waals surface area contributed by atoms with Crippen LogP contribution in [0, 0.1) is 6.92 Å². The summed E-state index contributed by atoms with van der Waals surface area (Å²) < 4.78 is 42.3. The van der Waals surface area contributed by atoms with E-state index >= 15 is 0 Å². The van der Waals surface area contributed by atoms with Gasteiger partial charge < -0.3 is 14.6 Å². The highest BCUT2D eigenvalue weighted by Crippen LogP contribution is 2.24. The third kappa shape index (κ3) is 5.64. The van der Waals surface area contributed by atoms with Crippen molar-refractivity contribution in [3.05, 3.63) is 106 Å². The average molecular weight is 466 g/mol. The maximum Gasteiger partial charge on any atom is 0.573 e. The predicted molar refractivity (Wildman–Crippen MR) is 124 cm³/mol. The molecule has 0 bridgehead atoms. The lowest BCUT2D eigenvalue weighted by molar-refractivity contribution is -0.274. The van der Waals surface area contributed by atoms with Gasteiger partial charge in [0.15, 0.2) is 0 Å². The van der Waals surface area contributed by atoms with E-state index in [2.05, 4.69) is 10.1 Å². The molecular formula is C26H21F3N2O3. The number of ether oxygens (including phenoxy) is 1. The number of hydrogen-bond acceptors (Lipinski definition) is 3. The number of carbonyl (C=O) groups is 1. The molecule has 1 N–H and O–H groups in total. The summed E-state index contributed by atoms with van der Waals surface area (Å²) in [5.74, 6) is -0.517. The lowest BCUT2D eigenvalue weighted by Gasteiger charge is -2.12. The largest absolute Gasteiger partial charge is 0.573 e. The van der Waals surface area contributed by atoms with Gasteiger partial charge in [-0.15, -0.1) is 13.2 Å². The van der Waals surface area contributed by atoms with Gasteiger partial charge in [-0.2, -0.15) is 0 Å². The van der Waals surface area contributed by atoms with Crippen LogP contribution in [0.1, 0.15) is 16.7 Å². The number of fused-ring (bicyclic) bond motifs is 1. The molecule has 4 aromatic rings. The van der Waals surface area contributed by atoms with Crippen molar-refractivity contribution in [2.24, 2.45) is 0 Å². The smallest absolute Gasteiger partial charge is 0.406 e. The molecule has 0 aliphatic carbocycles. The van der Waals surface area contributed by atoms with Crippen molar-refractivity contribution in [1.82, 2.24) is 4.57 Å². The second kappa shape index (κ2) is 9.43. The Morgan fingerprint density at radius 2 is 1.68 bits per heavy atom. The van der Waals surface area contributed by atoms with Crippen molar-refractivity contribution < 1.29 is 22.7 Å². The SMILES string of the molecule is Cc1cccc(CC(=O)Nc2cccc3c(=O)n(Cc4ccc(OC(F)(F)F)cc4)ccc23)c1. The summed E-state index contributed by atoms with van der Waals surface area (Å²) in [4.78, 5) is 25.6. The fourth-order valence-electron chi connectivity index (χ4n) is 3.75. The fraction of sp³-hybridized carbons (Fsp3) is 0.154. The number of aromatic nitrogens is 1. The van der Waals surface area contributed by atoms with Crippen molar-refractivity contribution in [3.8, 4) is 5.75 Å². The van der Waals surface area contributed by atoms with Crippen LogP contribution in [0.15, 0.2) is 83.8 Å². The monoisotopic (exact) mass is 466 g/mol. The molecule has 0 fully saturated rings.